The average Bonchev–Trinajstić information content (AvgIpc) is 2.99. The maximum Gasteiger partial charge on any atom is 0.266 e. The Hall–Kier alpha value is -2.13. The maximum absolute atomic E-state index is 12.3. The molecule has 25 heavy (non-hydrogen) atoms. The smallest absolute Gasteiger partial charge is 0.266 e. The number of hydrogen-bond acceptors (Lipinski definition) is 5. The molecule has 0 fully saturated rings. The van der Waals surface area contributed by atoms with E-state index in [9.17, 15) is 22.4 Å². The molecule has 2 rings (SSSR count). The Morgan fingerprint density at radius 1 is 1.32 bits per heavy atom. The highest BCUT2D eigenvalue weighted by Gasteiger charge is 2.23. The second kappa shape index (κ2) is 8.30. The number of benzene rings is 1. The van der Waals surface area contributed by atoms with Gasteiger partial charge in [0.15, 0.2) is 12.8 Å². The minimum Gasteiger partial charge on any atom is -0.624 e. The Kier molecular flexibility index (Phi) is 6.38. The van der Waals surface area contributed by atoms with E-state index in [1.165, 1.54) is 6.21 Å². The van der Waals surface area contributed by atoms with Crippen LogP contribution in [0, 0.1) is 5.21 Å². The second-order valence-electron chi connectivity index (χ2n) is 5.02. The number of nitrogens with zero attached hydrogens (tertiary/aromatic N) is 2. The van der Waals surface area contributed by atoms with Crippen molar-refractivity contribution in [3.8, 4) is 11.3 Å². The third kappa shape index (κ3) is 5.17. The Labute approximate surface area is 148 Å². The number of hydroxylamine groups is 1. The summed E-state index contributed by atoms with van der Waals surface area (Å²) >= 11 is 0.859. The quantitative estimate of drug-likeness (QED) is 0.315. The first-order valence-electron chi connectivity index (χ1n) is 7.42. The topological polar surface area (TPSA) is 73.1 Å². The molecule has 0 amide bonds. The van der Waals surface area contributed by atoms with Crippen LogP contribution in [0.3, 0.4) is 0 Å². The van der Waals surface area contributed by atoms with Gasteiger partial charge >= 0.3 is 0 Å². The van der Waals surface area contributed by atoms with Crippen molar-refractivity contribution in [1.29, 1.82) is 0 Å². The van der Waals surface area contributed by atoms with E-state index in [1.54, 1.807) is 37.3 Å². The van der Waals surface area contributed by atoms with E-state index in [2.05, 4.69) is 4.98 Å². The lowest BCUT2D eigenvalue weighted by Crippen LogP contribution is -2.05. The second-order valence-corrected chi connectivity index (χ2v) is 8.34. The van der Waals surface area contributed by atoms with Gasteiger partial charge in [-0.2, -0.15) is 8.78 Å². The van der Waals surface area contributed by atoms with Gasteiger partial charge in [0.05, 0.1) is 11.4 Å². The van der Waals surface area contributed by atoms with E-state index in [0.29, 0.717) is 26.9 Å². The molecule has 1 aromatic carbocycles. The minimum absolute atomic E-state index is 0.185. The minimum atomic E-state index is -3.82. The molecule has 0 aliphatic carbocycles. The van der Waals surface area contributed by atoms with Crippen LogP contribution in [-0.4, -0.2) is 36.7 Å². The molecule has 0 spiro atoms. The van der Waals surface area contributed by atoms with E-state index < -0.39 is 21.7 Å². The third-order valence-corrected chi connectivity index (χ3v) is 6.40. The molecule has 0 radical (unpaired) electrons. The van der Waals surface area contributed by atoms with Gasteiger partial charge in [0.1, 0.15) is 4.88 Å². The summed E-state index contributed by atoms with van der Waals surface area (Å²) in [6, 6.07) is 8.86. The van der Waals surface area contributed by atoms with Crippen LogP contribution in [-0.2, 0) is 9.84 Å². The van der Waals surface area contributed by atoms with E-state index in [0.717, 1.165) is 11.3 Å². The van der Waals surface area contributed by atoms with Gasteiger partial charge in [-0.1, -0.05) is 41.7 Å². The predicted molar refractivity (Wildman–Crippen MR) is 93.9 cm³/mol. The fourth-order valence-corrected chi connectivity index (χ4v) is 4.58. The maximum atomic E-state index is 12.3. The zero-order valence-electron chi connectivity index (χ0n) is 13.4. The van der Waals surface area contributed by atoms with Crippen LogP contribution in [0.5, 0.6) is 0 Å². The SMILES string of the molecule is CC/[N+]([O-])=C/c1sc(S(=O)(=O)CCC=C(F)F)nc1-c1ccccc1. The monoisotopic (exact) mass is 386 g/mol. The number of aromatic nitrogens is 1. The molecular weight excluding hydrogens is 370 g/mol. The first-order valence-corrected chi connectivity index (χ1v) is 9.89. The van der Waals surface area contributed by atoms with Crippen molar-refractivity contribution >= 4 is 27.4 Å². The van der Waals surface area contributed by atoms with Crippen LogP contribution < -0.4 is 0 Å². The van der Waals surface area contributed by atoms with Crippen molar-refractivity contribution in [1.82, 2.24) is 4.98 Å². The van der Waals surface area contributed by atoms with Gasteiger partial charge in [-0.05, 0) is 19.4 Å². The van der Waals surface area contributed by atoms with Crippen molar-refractivity contribution in [3.63, 3.8) is 0 Å². The fourth-order valence-electron chi connectivity index (χ4n) is 1.97. The average molecular weight is 386 g/mol. The van der Waals surface area contributed by atoms with Gasteiger partial charge in [0, 0.05) is 5.56 Å². The highest BCUT2D eigenvalue weighted by atomic mass is 32.2. The Bertz CT molecular complexity index is 887. The van der Waals surface area contributed by atoms with Crippen molar-refractivity contribution in [2.24, 2.45) is 0 Å². The van der Waals surface area contributed by atoms with Crippen LogP contribution >= 0.6 is 11.3 Å². The van der Waals surface area contributed by atoms with Crippen LogP contribution in [0.1, 0.15) is 18.2 Å². The zero-order valence-corrected chi connectivity index (χ0v) is 15.0. The molecule has 0 aliphatic heterocycles. The molecule has 0 bridgehead atoms. The summed E-state index contributed by atoms with van der Waals surface area (Å²) in [5.74, 6) is -0.472. The zero-order chi connectivity index (χ0) is 18.4. The summed E-state index contributed by atoms with van der Waals surface area (Å²) in [5, 5.41) is 11.7. The number of halogens is 2. The fraction of sp³-hybridized carbons (Fsp3) is 0.250. The largest absolute Gasteiger partial charge is 0.624 e. The molecular formula is C16H16F2N2O3S2. The first kappa shape index (κ1) is 19.2. The van der Waals surface area contributed by atoms with E-state index in [4.69, 9.17) is 0 Å². The lowest BCUT2D eigenvalue weighted by atomic mass is 10.1. The summed E-state index contributed by atoms with van der Waals surface area (Å²) < 4.78 is 49.3. The molecule has 1 aromatic heterocycles. The standard InChI is InChI=1S/C16H16F2N2O3S2/c1-2-20(21)11-13-15(12-7-4-3-5-8-12)19-16(24-13)25(22,23)10-6-9-14(17)18/h3-5,7-9,11H,2,6,10H2,1H3/b20-11-. The molecule has 0 N–H and O–H groups in total. The predicted octanol–water partition coefficient (Wildman–Crippen LogP) is 3.70. The number of thiazole rings is 1. The summed E-state index contributed by atoms with van der Waals surface area (Å²) in [4.78, 5) is 4.57. The van der Waals surface area contributed by atoms with Crippen molar-refractivity contribution in [3.05, 3.63) is 52.6 Å². The molecule has 9 heteroatoms. The Morgan fingerprint density at radius 2 is 2.00 bits per heavy atom. The molecule has 0 unspecified atom stereocenters. The van der Waals surface area contributed by atoms with E-state index in [1.807, 2.05) is 0 Å². The summed E-state index contributed by atoms with van der Waals surface area (Å²) in [6.07, 6.45) is -0.363. The highest BCUT2D eigenvalue weighted by molar-refractivity contribution is 7.93. The van der Waals surface area contributed by atoms with Crippen LogP contribution in [0.15, 0.2) is 46.8 Å². The number of hydrogen-bond donors (Lipinski definition) is 0. The Morgan fingerprint density at radius 3 is 2.60 bits per heavy atom. The number of sulfone groups is 1. The van der Waals surface area contributed by atoms with Gasteiger partial charge in [-0.3, -0.25) is 0 Å². The summed E-state index contributed by atoms with van der Waals surface area (Å²) in [7, 11) is -3.82. The first-order chi connectivity index (χ1) is 11.8. The number of allylic oxidation sites excluding steroid dienone is 1. The highest BCUT2D eigenvalue weighted by Crippen LogP contribution is 2.30. The lowest BCUT2D eigenvalue weighted by Gasteiger charge is -2.00. The van der Waals surface area contributed by atoms with Crippen LogP contribution in [0.4, 0.5) is 8.78 Å². The van der Waals surface area contributed by atoms with Gasteiger partial charge in [-0.25, -0.2) is 18.1 Å². The van der Waals surface area contributed by atoms with E-state index in [-0.39, 0.29) is 17.3 Å². The van der Waals surface area contributed by atoms with Gasteiger partial charge in [0.25, 0.3) is 6.08 Å². The van der Waals surface area contributed by atoms with Crippen molar-refractivity contribution in [2.75, 3.05) is 12.3 Å². The van der Waals surface area contributed by atoms with E-state index >= 15 is 0 Å². The summed E-state index contributed by atoms with van der Waals surface area (Å²) in [5.41, 5.74) is 1.05. The lowest BCUT2D eigenvalue weighted by molar-refractivity contribution is -0.447. The molecule has 0 saturated heterocycles. The van der Waals surface area contributed by atoms with Crippen molar-refractivity contribution < 1.29 is 21.9 Å². The molecule has 1 heterocycles. The summed E-state index contributed by atoms with van der Waals surface area (Å²) in [6.45, 7) is 1.87. The molecule has 0 atom stereocenters. The third-order valence-electron chi connectivity index (χ3n) is 3.21. The van der Waals surface area contributed by atoms with Gasteiger partial charge in [-0.15, -0.1) is 0 Å². The molecule has 2 aromatic rings. The molecule has 134 valence electrons. The molecule has 0 saturated carbocycles. The van der Waals surface area contributed by atoms with Gasteiger partial charge < -0.3 is 5.21 Å². The Balaban J connectivity index is 2.46. The normalized spacial score (nSPS) is 12.2. The molecule has 5 nitrogen and oxygen atoms in total. The van der Waals surface area contributed by atoms with Crippen LogP contribution in [0.2, 0.25) is 0 Å². The number of rotatable bonds is 7. The van der Waals surface area contributed by atoms with Crippen molar-refractivity contribution in [2.45, 2.75) is 17.7 Å². The van der Waals surface area contributed by atoms with Crippen LogP contribution in [0.25, 0.3) is 11.3 Å². The molecule has 0 aliphatic rings. The van der Waals surface area contributed by atoms with Gasteiger partial charge in [0.2, 0.25) is 14.2 Å².